The first-order valence-corrected chi connectivity index (χ1v) is 8.54. The first-order chi connectivity index (χ1) is 10.9. The van der Waals surface area contributed by atoms with Gasteiger partial charge in [0.15, 0.2) is 0 Å². The van der Waals surface area contributed by atoms with Gasteiger partial charge in [-0.05, 0) is 66.6 Å². The monoisotopic (exact) mass is 292 g/mol. The van der Waals surface area contributed by atoms with Gasteiger partial charge >= 0.3 is 0 Å². The van der Waals surface area contributed by atoms with E-state index in [2.05, 4.69) is 52.7 Å². The van der Waals surface area contributed by atoms with Gasteiger partial charge in [0.1, 0.15) is 0 Å². The minimum Gasteiger partial charge on any atom is -0.371 e. The minimum absolute atomic E-state index is 1.03. The van der Waals surface area contributed by atoms with Gasteiger partial charge in [0.25, 0.3) is 0 Å². The fourth-order valence-corrected chi connectivity index (χ4v) is 3.77. The predicted octanol–water partition coefficient (Wildman–Crippen LogP) is 3.33. The van der Waals surface area contributed by atoms with E-state index >= 15 is 0 Å². The first-order valence-electron chi connectivity index (χ1n) is 8.54. The summed E-state index contributed by atoms with van der Waals surface area (Å²) in [6.07, 6.45) is 4.79. The third-order valence-corrected chi connectivity index (χ3v) is 5.09. The molecule has 2 aliphatic heterocycles. The average Bonchev–Trinajstić information content (AvgIpc) is 2.92. The van der Waals surface area contributed by atoms with Crippen LogP contribution >= 0.6 is 0 Å². The van der Waals surface area contributed by atoms with Crippen molar-refractivity contribution in [3.8, 4) is 0 Å². The second kappa shape index (κ2) is 6.13. The molecule has 22 heavy (non-hydrogen) atoms. The molecule has 2 aromatic rings. The van der Waals surface area contributed by atoms with Crippen LogP contribution in [-0.4, -0.2) is 19.6 Å². The molecule has 114 valence electrons. The van der Waals surface area contributed by atoms with Crippen molar-refractivity contribution < 1.29 is 0 Å². The Hall–Kier alpha value is -1.80. The van der Waals surface area contributed by atoms with Crippen LogP contribution < -0.4 is 10.2 Å². The topological polar surface area (TPSA) is 15.3 Å². The van der Waals surface area contributed by atoms with Crippen molar-refractivity contribution in [2.75, 3.05) is 24.5 Å². The van der Waals surface area contributed by atoms with Gasteiger partial charge < -0.3 is 10.2 Å². The molecule has 0 saturated heterocycles. The minimum atomic E-state index is 1.03. The molecule has 2 aromatic carbocycles. The van der Waals surface area contributed by atoms with E-state index in [9.17, 15) is 0 Å². The molecule has 2 heterocycles. The number of aryl methyl sites for hydroxylation is 1. The standard InChI is InChI=1S/C20H24N2/c1-2-5-18-10-13-22(12-9-17(18)4-1)20-8-7-16-6-3-11-21-15-19(16)14-20/h1-2,4-5,7-8,14,21H,3,6,9-13,15H2. The number of anilines is 1. The van der Waals surface area contributed by atoms with Crippen LogP contribution in [0.1, 0.15) is 28.7 Å². The smallest absolute Gasteiger partial charge is 0.0369 e. The average molecular weight is 292 g/mol. The molecule has 0 fully saturated rings. The van der Waals surface area contributed by atoms with Crippen molar-refractivity contribution in [1.29, 1.82) is 0 Å². The highest BCUT2D eigenvalue weighted by molar-refractivity contribution is 5.52. The van der Waals surface area contributed by atoms with E-state index < -0.39 is 0 Å². The third-order valence-electron chi connectivity index (χ3n) is 5.09. The Morgan fingerprint density at radius 3 is 2.27 bits per heavy atom. The number of rotatable bonds is 1. The summed E-state index contributed by atoms with van der Waals surface area (Å²) in [5.74, 6) is 0. The Morgan fingerprint density at radius 2 is 1.50 bits per heavy atom. The summed E-state index contributed by atoms with van der Waals surface area (Å²) in [6, 6.07) is 16.0. The van der Waals surface area contributed by atoms with E-state index in [1.807, 2.05) is 0 Å². The van der Waals surface area contributed by atoms with Gasteiger partial charge in [-0.25, -0.2) is 0 Å². The maximum Gasteiger partial charge on any atom is 0.0369 e. The van der Waals surface area contributed by atoms with E-state index in [1.165, 1.54) is 40.8 Å². The lowest BCUT2D eigenvalue weighted by molar-refractivity contribution is 0.680. The highest BCUT2D eigenvalue weighted by Gasteiger charge is 2.15. The first kappa shape index (κ1) is 13.8. The van der Waals surface area contributed by atoms with E-state index in [4.69, 9.17) is 0 Å². The largest absolute Gasteiger partial charge is 0.371 e. The van der Waals surface area contributed by atoms with E-state index in [1.54, 1.807) is 0 Å². The van der Waals surface area contributed by atoms with Crippen LogP contribution in [0.5, 0.6) is 0 Å². The lowest BCUT2D eigenvalue weighted by Gasteiger charge is -2.24. The van der Waals surface area contributed by atoms with Crippen molar-refractivity contribution >= 4 is 5.69 Å². The second-order valence-corrected chi connectivity index (χ2v) is 6.49. The predicted molar refractivity (Wildman–Crippen MR) is 92.5 cm³/mol. The van der Waals surface area contributed by atoms with Gasteiger partial charge in [-0.3, -0.25) is 0 Å². The van der Waals surface area contributed by atoms with Crippen molar-refractivity contribution in [3.05, 3.63) is 64.7 Å². The Labute approximate surface area is 133 Å². The molecule has 0 amide bonds. The lowest BCUT2D eigenvalue weighted by atomic mass is 10.0. The molecular formula is C20H24N2. The van der Waals surface area contributed by atoms with Crippen molar-refractivity contribution in [3.63, 3.8) is 0 Å². The van der Waals surface area contributed by atoms with Crippen LogP contribution in [0, 0.1) is 0 Å². The van der Waals surface area contributed by atoms with Crippen molar-refractivity contribution in [2.45, 2.75) is 32.2 Å². The Kier molecular flexibility index (Phi) is 3.86. The summed E-state index contributed by atoms with van der Waals surface area (Å²) in [4.78, 5) is 2.56. The zero-order valence-corrected chi connectivity index (χ0v) is 13.1. The van der Waals surface area contributed by atoms with Gasteiger partial charge in [0.2, 0.25) is 0 Å². The summed E-state index contributed by atoms with van der Waals surface area (Å²) < 4.78 is 0. The fraction of sp³-hybridized carbons (Fsp3) is 0.400. The number of fused-ring (bicyclic) bond motifs is 2. The molecule has 0 atom stereocenters. The molecule has 0 aromatic heterocycles. The molecule has 0 aliphatic carbocycles. The summed E-state index contributed by atoms with van der Waals surface area (Å²) in [7, 11) is 0. The lowest BCUT2D eigenvalue weighted by Crippen LogP contribution is -2.26. The summed E-state index contributed by atoms with van der Waals surface area (Å²) in [5, 5.41) is 3.54. The van der Waals surface area contributed by atoms with Gasteiger partial charge in [-0.15, -0.1) is 0 Å². The molecule has 2 nitrogen and oxygen atoms in total. The van der Waals surface area contributed by atoms with Crippen LogP contribution in [0.2, 0.25) is 0 Å². The molecule has 0 saturated carbocycles. The quantitative estimate of drug-likeness (QED) is 0.867. The van der Waals surface area contributed by atoms with E-state index in [0.29, 0.717) is 0 Å². The van der Waals surface area contributed by atoms with E-state index in [0.717, 1.165) is 39.0 Å². The molecule has 2 heteroatoms. The maximum absolute atomic E-state index is 3.54. The molecule has 0 spiro atoms. The third kappa shape index (κ3) is 2.76. The Balaban J connectivity index is 1.57. The molecule has 2 aliphatic rings. The molecule has 0 unspecified atom stereocenters. The fourth-order valence-electron chi connectivity index (χ4n) is 3.77. The maximum atomic E-state index is 3.54. The number of hydrogen-bond donors (Lipinski definition) is 1. The SMILES string of the molecule is c1ccc2c(c1)CCN(c1ccc3c(c1)CNCCC3)CC2. The van der Waals surface area contributed by atoms with Crippen LogP contribution in [0.15, 0.2) is 42.5 Å². The highest BCUT2D eigenvalue weighted by Crippen LogP contribution is 2.25. The molecular weight excluding hydrogens is 268 g/mol. The van der Waals surface area contributed by atoms with Crippen molar-refractivity contribution in [2.24, 2.45) is 0 Å². The highest BCUT2D eigenvalue weighted by atomic mass is 15.1. The summed E-state index contributed by atoms with van der Waals surface area (Å²) >= 11 is 0. The molecule has 0 radical (unpaired) electrons. The number of nitrogens with zero attached hydrogens (tertiary/aromatic N) is 1. The number of nitrogens with one attached hydrogen (secondary N) is 1. The van der Waals surface area contributed by atoms with Crippen LogP contribution in [0.4, 0.5) is 5.69 Å². The summed E-state index contributed by atoms with van der Waals surface area (Å²) in [5.41, 5.74) is 7.49. The number of hydrogen-bond acceptors (Lipinski definition) is 2. The van der Waals surface area contributed by atoms with Crippen LogP contribution in [0.3, 0.4) is 0 Å². The molecule has 0 bridgehead atoms. The van der Waals surface area contributed by atoms with E-state index in [-0.39, 0.29) is 0 Å². The van der Waals surface area contributed by atoms with Crippen LogP contribution in [0.25, 0.3) is 0 Å². The zero-order chi connectivity index (χ0) is 14.8. The second-order valence-electron chi connectivity index (χ2n) is 6.49. The summed E-state index contributed by atoms with van der Waals surface area (Å²) in [6.45, 7) is 4.42. The zero-order valence-electron chi connectivity index (χ0n) is 13.1. The Morgan fingerprint density at radius 1 is 0.773 bits per heavy atom. The van der Waals surface area contributed by atoms with Crippen molar-refractivity contribution in [1.82, 2.24) is 5.32 Å². The molecule has 1 N–H and O–H groups in total. The number of benzene rings is 2. The van der Waals surface area contributed by atoms with Gasteiger partial charge in [0, 0.05) is 25.3 Å². The van der Waals surface area contributed by atoms with Gasteiger partial charge in [-0.2, -0.15) is 0 Å². The normalized spacial score (nSPS) is 18.1. The van der Waals surface area contributed by atoms with Crippen LogP contribution in [-0.2, 0) is 25.8 Å². The Bertz CT molecular complexity index is 636. The van der Waals surface area contributed by atoms with Gasteiger partial charge in [-0.1, -0.05) is 30.3 Å². The van der Waals surface area contributed by atoms with Gasteiger partial charge in [0.05, 0.1) is 0 Å². The molecule has 4 rings (SSSR count).